The molecule has 1 fully saturated rings. The SMILES string of the molecule is Cc1cc(NC2CCN(Cc3ccccn3)CC2C)c2cc(F)ccc2n1. The highest BCUT2D eigenvalue weighted by molar-refractivity contribution is 5.91. The van der Waals surface area contributed by atoms with Crippen LogP contribution in [0, 0.1) is 18.7 Å². The van der Waals surface area contributed by atoms with E-state index < -0.39 is 0 Å². The van der Waals surface area contributed by atoms with Crippen molar-refractivity contribution in [1.29, 1.82) is 0 Å². The Morgan fingerprint density at radius 3 is 2.89 bits per heavy atom. The Kier molecular flexibility index (Phi) is 5.03. The summed E-state index contributed by atoms with van der Waals surface area (Å²) in [5.74, 6) is 0.258. The molecule has 4 nitrogen and oxygen atoms in total. The lowest BCUT2D eigenvalue weighted by atomic mass is 9.93. The van der Waals surface area contributed by atoms with Crippen LogP contribution in [0.2, 0.25) is 0 Å². The molecule has 0 saturated carbocycles. The van der Waals surface area contributed by atoms with E-state index in [1.165, 1.54) is 6.07 Å². The normalized spacial score (nSPS) is 20.7. The Hall–Kier alpha value is -2.53. The number of aryl methyl sites for hydroxylation is 1. The average Bonchev–Trinajstić information content (AvgIpc) is 2.65. The first-order valence-electron chi connectivity index (χ1n) is 9.54. The quantitative estimate of drug-likeness (QED) is 0.745. The number of anilines is 1. The molecular formula is C22H25FN4. The molecule has 1 aliphatic rings. The van der Waals surface area contributed by atoms with Crippen LogP contribution in [0.25, 0.3) is 10.9 Å². The fraction of sp³-hybridized carbons (Fsp3) is 0.364. The monoisotopic (exact) mass is 364 g/mol. The van der Waals surface area contributed by atoms with Gasteiger partial charge in [-0.05, 0) is 55.7 Å². The molecule has 140 valence electrons. The molecule has 2 aromatic heterocycles. The van der Waals surface area contributed by atoms with E-state index in [-0.39, 0.29) is 5.82 Å². The van der Waals surface area contributed by atoms with E-state index in [1.54, 1.807) is 12.1 Å². The number of nitrogens with zero attached hydrogens (tertiary/aromatic N) is 3. The minimum absolute atomic E-state index is 0.227. The van der Waals surface area contributed by atoms with Crippen LogP contribution in [0.1, 0.15) is 24.7 Å². The van der Waals surface area contributed by atoms with Gasteiger partial charge in [0.25, 0.3) is 0 Å². The van der Waals surface area contributed by atoms with Crippen molar-refractivity contribution in [3.05, 3.63) is 65.9 Å². The van der Waals surface area contributed by atoms with Gasteiger partial charge in [0.05, 0.1) is 11.2 Å². The summed E-state index contributed by atoms with van der Waals surface area (Å²) in [7, 11) is 0. The topological polar surface area (TPSA) is 41.0 Å². The number of halogens is 1. The molecule has 1 aliphatic heterocycles. The molecule has 3 aromatic rings. The number of nitrogens with one attached hydrogen (secondary N) is 1. The van der Waals surface area contributed by atoms with Crippen molar-refractivity contribution in [2.24, 2.45) is 5.92 Å². The van der Waals surface area contributed by atoms with E-state index in [1.807, 2.05) is 31.3 Å². The highest BCUT2D eigenvalue weighted by atomic mass is 19.1. The van der Waals surface area contributed by atoms with E-state index in [9.17, 15) is 4.39 Å². The van der Waals surface area contributed by atoms with Crippen LogP contribution in [0.15, 0.2) is 48.7 Å². The van der Waals surface area contributed by atoms with Gasteiger partial charge in [-0.3, -0.25) is 14.9 Å². The average molecular weight is 364 g/mol. The van der Waals surface area contributed by atoms with Crippen LogP contribution in [-0.2, 0) is 6.54 Å². The van der Waals surface area contributed by atoms with E-state index in [2.05, 4.69) is 33.2 Å². The fourth-order valence-corrected chi connectivity index (χ4v) is 3.96. The van der Waals surface area contributed by atoms with Crippen molar-refractivity contribution in [2.75, 3.05) is 18.4 Å². The maximum absolute atomic E-state index is 13.8. The van der Waals surface area contributed by atoms with Crippen molar-refractivity contribution in [3.63, 3.8) is 0 Å². The number of hydrogen-bond acceptors (Lipinski definition) is 4. The standard InChI is InChI=1S/C22H25FN4/c1-15-13-27(14-18-5-3-4-9-24-18)10-8-20(15)26-22-11-16(2)25-21-7-6-17(23)12-19(21)22/h3-7,9,11-12,15,20H,8,10,13-14H2,1-2H3,(H,25,26). The Labute approximate surface area is 159 Å². The number of rotatable bonds is 4. The minimum atomic E-state index is -0.227. The number of pyridine rings is 2. The van der Waals surface area contributed by atoms with Gasteiger partial charge in [0, 0.05) is 48.6 Å². The number of likely N-dealkylation sites (tertiary alicyclic amines) is 1. The Morgan fingerprint density at radius 2 is 2.11 bits per heavy atom. The first-order chi connectivity index (χ1) is 13.1. The summed E-state index contributed by atoms with van der Waals surface area (Å²) < 4.78 is 13.8. The van der Waals surface area contributed by atoms with Gasteiger partial charge in [-0.2, -0.15) is 0 Å². The molecule has 2 unspecified atom stereocenters. The van der Waals surface area contributed by atoms with E-state index in [0.29, 0.717) is 12.0 Å². The lowest BCUT2D eigenvalue weighted by Gasteiger charge is -2.37. The Balaban J connectivity index is 1.48. The zero-order chi connectivity index (χ0) is 18.8. The van der Waals surface area contributed by atoms with Crippen molar-refractivity contribution >= 4 is 16.6 Å². The summed E-state index contributed by atoms with van der Waals surface area (Å²) in [6, 6.07) is 13.2. The smallest absolute Gasteiger partial charge is 0.124 e. The largest absolute Gasteiger partial charge is 0.381 e. The number of aromatic nitrogens is 2. The number of piperidine rings is 1. The predicted molar refractivity (Wildman–Crippen MR) is 107 cm³/mol. The van der Waals surface area contributed by atoms with Gasteiger partial charge >= 0.3 is 0 Å². The highest BCUT2D eigenvalue weighted by Gasteiger charge is 2.26. The maximum atomic E-state index is 13.8. The van der Waals surface area contributed by atoms with Crippen molar-refractivity contribution in [1.82, 2.24) is 14.9 Å². The van der Waals surface area contributed by atoms with Gasteiger partial charge in [-0.15, -0.1) is 0 Å². The second-order valence-corrected chi connectivity index (χ2v) is 7.55. The maximum Gasteiger partial charge on any atom is 0.124 e. The zero-order valence-corrected chi connectivity index (χ0v) is 15.8. The zero-order valence-electron chi connectivity index (χ0n) is 15.8. The molecule has 27 heavy (non-hydrogen) atoms. The summed E-state index contributed by atoms with van der Waals surface area (Å²) in [6.45, 7) is 7.19. The third kappa shape index (κ3) is 4.08. The van der Waals surface area contributed by atoms with Crippen LogP contribution in [0.3, 0.4) is 0 Å². The molecule has 1 saturated heterocycles. The van der Waals surface area contributed by atoms with Crippen LogP contribution in [-0.4, -0.2) is 34.0 Å². The Bertz CT molecular complexity index is 928. The second-order valence-electron chi connectivity index (χ2n) is 7.55. The van der Waals surface area contributed by atoms with E-state index in [4.69, 9.17) is 0 Å². The van der Waals surface area contributed by atoms with Crippen molar-refractivity contribution < 1.29 is 4.39 Å². The van der Waals surface area contributed by atoms with Gasteiger partial charge in [0.1, 0.15) is 5.82 Å². The van der Waals surface area contributed by atoms with E-state index >= 15 is 0 Å². The summed E-state index contributed by atoms with van der Waals surface area (Å²) in [6.07, 6.45) is 2.90. The molecule has 0 bridgehead atoms. The Morgan fingerprint density at radius 1 is 1.22 bits per heavy atom. The lowest BCUT2D eigenvalue weighted by molar-refractivity contribution is 0.163. The molecule has 2 atom stereocenters. The molecule has 0 aliphatic carbocycles. The second kappa shape index (κ2) is 7.61. The van der Waals surface area contributed by atoms with Crippen molar-refractivity contribution in [2.45, 2.75) is 32.9 Å². The van der Waals surface area contributed by atoms with Crippen molar-refractivity contribution in [3.8, 4) is 0 Å². The highest BCUT2D eigenvalue weighted by Crippen LogP contribution is 2.28. The molecule has 5 heteroatoms. The van der Waals surface area contributed by atoms with E-state index in [0.717, 1.165) is 54.0 Å². The number of fused-ring (bicyclic) bond motifs is 1. The summed E-state index contributed by atoms with van der Waals surface area (Å²) in [4.78, 5) is 11.4. The molecule has 1 N–H and O–H groups in total. The van der Waals surface area contributed by atoms with Gasteiger partial charge in [-0.1, -0.05) is 13.0 Å². The molecule has 0 spiro atoms. The van der Waals surface area contributed by atoms with Gasteiger partial charge in [0.2, 0.25) is 0 Å². The van der Waals surface area contributed by atoms with Crippen LogP contribution < -0.4 is 5.32 Å². The molecular weight excluding hydrogens is 339 g/mol. The first-order valence-corrected chi connectivity index (χ1v) is 9.54. The fourth-order valence-electron chi connectivity index (χ4n) is 3.96. The molecule has 4 rings (SSSR count). The summed E-state index contributed by atoms with van der Waals surface area (Å²) in [5.41, 5.74) is 3.87. The third-order valence-corrected chi connectivity index (χ3v) is 5.34. The summed E-state index contributed by atoms with van der Waals surface area (Å²) >= 11 is 0. The molecule has 1 aromatic carbocycles. The number of benzene rings is 1. The van der Waals surface area contributed by atoms with Gasteiger partial charge in [0.15, 0.2) is 0 Å². The summed E-state index contributed by atoms with van der Waals surface area (Å²) in [5, 5.41) is 4.53. The molecule has 0 amide bonds. The van der Waals surface area contributed by atoms with Crippen LogP contribution in [0.5, 0.6) is 0 Å². The molecule has 3 heterocycles. The first kappa shape index (κ1) is 17.9. The van der Waals surface area contributed by atoms with Gasteiger partial charge in [-0.25, -0.2) is 4.39 Å². The molecule has 0 radical (unpaired) electrons. The van der Waals surface area contributed by atoms with Crippen LogP contribution in [0.4, 0.5) is 10.1 Å². The minimum Gasteiger partial charge on any atom is -0.381 e. The number of hydrogen-bond donors (Lipinski definition) is 1. The van der Waals surface area contributed by atoms with Crippen LogP contribution >= 0.6 is 0 Å². The van der Waals surface area contributed by atoms with Gasteiger partial charge < -0.3 is 5.32 Å². The predicted octanol–water partition coefficient (Wildman–Crippen LogP) is 4.40. The lowest BCUT2D eigenvalue weighted by Crippen LogP contribution is -2.44. The third-order valence-electron chi connectivity index (χ3n) is 5.34.